The van der Waals surface area contributed by atoms with Gasteiger partial charge in [0, 0.05) is 13.2 Å². The molecule has 0 saturated heterocycles. The molecule has 0 aromatic heterocycles. The fraction of sp³-hybridized carbons (Fsp3) is 0.917. The first-order valence-electron chi connectivity index (χ1n) is 6.37. The van der Waals surface area contributed by atoms with Crippen LogP contribution < -0.4 is 11.5 Å². The molecule has 0 bridgehead atoms. The van der Waals surface area contributed by atoms with E-state index >= 15 is 0 Å². The minimum absolute atomic E-state index is 0.239. The summed E-state index contributed by atoms with van der Waals surface area (Å²) in [5, 5.41) is 0. The van der Waals surface area contributed by atoms with Crippen LogP contribution in [0, 0.1) is 0 Å². The standard InChI is InChI=1S/C12H27N3O2/c1-3-4-8-15(9-12(14)16)11(10-17-2)6-5-7-13/h11H,3-10,13H2,1-2H3,(H2,14,16). The van der Waals surface area contributed by atoms with Crippen LogP contribution in [0.15, 0.2) is 0 Å². The molecule has 0 aliphatic heterocycles. The summed E-state index contributed by atoms with van der Waals surface area (Å²) in [7, 11) is 1.68. The summed E-state index contributed by atoms with van der Waals surface area (Å²) in [6.07, 6.45) is 4.05. The Balaban J connectivity index is 4.36. The van der Waals surface area contributed by atoms with Crippen LogP contribution in [0.25, 0.3) is 0 Å². The third kappa shape index (κ3) is 8.12. The molecular weight excluding hydrogens is 218 g/mol. The number of rotatable bonds is 11. The quantitative estimate of drug-likeness (QED) is 0.549. The van der Waals surface area contributed by atoms with Crippen molar-refractivity contribution < 1.29 is 9.53 Å². The Morgan fingerprint density at radius 2 is 2.12 bits per heavy atom. The summed E-state index contributed by atoms with van der Waals surface area (Å²) in [6.45, 7) is 4.61. The monoisotopic (exact) mass is 245 g/mol. The zero-order valence-corrected chi connectivity index (χ0v) is 11.2. The van der Waals surface area contributed by atoms with Crippen molar-refractivity contribution in [1.29, 1.82) is 0 Å². The van der Waals surface area contributed by atoms with Crippen LogP contribution >= 0.6 is 0 Å². The van der Waals surface area contributed by atoms with E-state index in [1.165, 1.54) is 0 Å². The maximum atomic E-state index is 11.1. The SMILES string of the molecule is CCCCN(CC(N)=O)C(CCCN)COC. The smallest absolute Gasteiger partial charge is 0.231 e. The van der Waals surface area contributed by atoms with Crippen LogP contribution in [0.4, 0.5) is 0 Å². The van der Waals surface area contributed by atoms with Crippen LogP contribution in [0.2, 0.25) is 0 Å². The highest BCUT2D eigenvalue weighted by Gasteiger charge is 2.19. The lowest BCUT2D eigenvalue weighted by Gasteiger charge is -2.30. The van der Waals surface area contributed by atoms with E-state index < -0.39 is 0 Å². The summed E-state index contributed by atoms with van der Waals surface area (Å²) >= 11 is 0. The predicted molar refractivity (Wildman–Crippen MR) is 69.6 cm³/mol. The number of methoxy groups -OCH3 is 1. The molecule has 0 spiro atoms. The number of nitrogens with two attached hydrogens (primary N) is 2. The first-order chi connectivity index (χ1) is 8.15. The van der Waals surface area contributed by atoms with E-state index in [-0.39, 0.29) is 11.9 Å². The van der Waals surface area contributed by atoms with Gasteiger partial charge in [0.05, 0.1) is 13.2 Å². The summed E-state index contributed by atoms with van der Waals surface area (Å²) in [5.74, 6) is -0.282. The number of hydrogen-bond donors (Lipinski definition) is 2. The van der Waals surface area contributed by atoms with E-state index in [1.54, 1.807) is 7.11 Å². The van der Waals surface area contributed by atoms with Gasteiger partial charge in [-0.3, -0.25) is 9.69 Å². The van der Waals surface area contributed by atoms with Gasteiger partial charge in [0.2, 0.25) is 5.91 Å². The summed E-state index contributed by atoms with van der Waals surface area (Å²) in [5.41, 5.74) is 10.8. The van der Waals surface area contributed by atoms with Gasteiger partial charge in [0.1, 0.15) is 0 Å². The number of ether oxygens (including phenoxy) is 1. The Labute approximate surface area is 104 Å². The second-order valence-electron chi connectivity index (χ2n) is 4.33. The van der Waals surface area contributed by atoms with Crippen molar-refractivity contribution in [2.24, 2.45) is 11.5 Å². The average Bonchev–Trinajstić information content (AvgIpc) is 2.29. The van der Waals surface area contributed by atoms with Gasteiger partial charge in [-0.25, -0.2) is 0 Å². The van der Waals surface area contributed by atoms with E-state index in [4.69, 9.17) is 16.2 Å². The Hall–Kier alpha value is -0.650. The first-order valence-corrected chi connectivity index (χ1v) is 6.37. The number of hydrogen-bond acceptors (Lipinski definition) is 4. The second kappa shape index (κ2) is 10.5. The van der Waals surface area contributed by atoms with E-state index in [2.05, 4.69) is 11.8 Å². The lowest BCUT2D eigenvalue weighted by atomic mass is 10.1. The fourth-order valence-electron chi connectivity index (χ4n) is 1.87. The third-order valence-corrected chi connectivity index (χ3v) is 2.77. The van der Waals surface area contributed by atoms with Crippen LogP contribution in [0.1, 0.15) is 32.6 Å². The van der Waals surface area contributed by atoms with Gasteiger partial charge in [-0.15, -0.1) is 0 Å². The molecule has 0 rings (SSSR count). The van der Waals surface area contributed by atoms with Crippen molar-refractivity contribution in [3.63, 3.8) is 0 Å². The van der Waals surface area contributed by atoms with Crippen molar-refractivity contribution in [3.05, 3.63) is 0 Å². The highest BCUT2D eigenvalue weighted by atomic mass is 16.5. The van der Waals surface area contributed by atoms with E-state index in [0.717, 1.165) is 32.2 Å². The number of primary amides is 1. The third-order valence-electron chi connectivity index (χ3n) is 2.77. The van der Waals surface area contributed by atoms with Gasteiger partial charge in [-0.2, -0.15) is 0 Å². The number of carbonyl (C=O) groups excluding carboxylic acids is 1. The molecule has 0 aromatic carbocycles. The summed E-state index contributed by atoms with van der Waals surface area (Å²) < 4.78 is 5.21. The first kappa shape index (κ1) is 16.4. The molecule has 1 atom stereocenters. The number of amides is 1. The normalized spacial score (nSPS) is 12.9. The fourth-order valence-corrected chi connectivity index (χ4v) is 1.87. The number of nitrogens with zero attached hydrogens (tertiary/aromatic N) is 1. The van der Waals surface area contributed by atoms with Crippen molar-refractivity contribution in [2.45, 2.75) is 38.6 Å². The molecular formula is C12H27N3O2. The summed E-state index contributed by atoms with van der Waals surface area (Å²) in [4.78, 5) is 13.2. The Morgan fingerprint density at radius 1 is 1.41 bits per heavy atom. The van der Waals surface area contributed by atoms with Crippen LogP contribution in [-0.2, 0) is 9.53 Å². The minimum atomic E-state index is -0.282. The average molecular weight is 245 g/mol. The largest absolute Gasteiger partial charge is 0.383 e. The molecule has 0 aromatic rings. The van der Waals surface area contributed by atoms with Crippen molar-refractivity contribution >= 4 is 5.91 Å². The Bertz CT molecular complexity index is 200. The topological polar surface area (TPSA) is 81.6 Å². The molecule has 1 amide bonds. The highest BCUT2D eigenvalue weighted by molar-refractivity contribution is 5.75. The maximum Gasteiger partial charge on any atom is 0.231 e. The molecule has 0 fully saturated rings. The van der Waals surface area contributed by atoms with Gasteiger partial charge >= 0.3 is 0 Å². The van der Waals surface area contributed by atoms with E-state index in [9.17, 15) is 4.79 Å². The van der Waals surface area contributed by atoms with Gasteiger partial charge in [-0.1, -0.05) is 13.3 Å². The number of unbranched alkanes of at least 4 members (excludes halogenated alkanes) is 1. The Kier molecular flexibility index (Phi) is 10.1. The van der Waals surface area contributed by atoms with Crippen molar-refractivity contribution in [3.8, 4) is 0 Å². The molecule has 0 heterocycles. The molecule has 102 valence electrons. The van der Waals surface area contributed by atoms with Gasteiger partial charge < -0.3 is 16.2 Å². The van der Waals surface area contributed by atoms with E-state index in [1.807, 2.05) is 0 Å². The minimum Gasteiger partial charge on any atom is -0.383 e. The Morgan fingerprint density at radius 3 is 2.59 bits per heavy atom. The van der Waals surface area contributed by atoms with Crippen molar-refractivity contribution in [2.75, 3.05) is 33.4 Å². The second-order valence-corrected chi connectivity index (χ2v) is 4.33. The number of carbonyl (C=O) groups is 1. The molecule has 5 heteroatoms. The molecule has 0 aliphatic rings. The molecule has 17 heavy (non-hydrogen) atoms. The van der Waals surface area contributed by atoms with Crippen molar-refractivity contribution in [1.82, 2.24) is 4.90 Å². The lowest BCUT2D eigenvalue weighted by Crippen LogP contribution is -2.44. The molecule has 5 nitrogen and oxygen atoms in total. The zero-order valence-electron chi connectivity index (χ0n) is 11.2. The van der Waals surface area contributed by atoms with Gasteiger partial charge in [0.15, 0.2) is 0 Å². The van der Waals surface area contributed by atoms with Crippen LogP contribution in [-0.4, -0.2) is 50.2 Å². The lowest BCUT2D eigenvalue weighted by molar-refractivity contribution is -0.120. The molecule has 0 radical (unpaired) electrons. The highest BCUT2D eigenvalue weighted by Crippen LogP contribution is 2.09. The van der Waals surface area contributed by atoms with E-state index in [0.29, 0.717) is 19.7 Å². The zero-order chi connectivity index (χ0) is 13.1. The van der Waals surface area contributed by atoms with Crippen LogP contribution in [0.5, 0.6) is 0 Å². The summed E-state index contributed by atoms with van der Waals surface area (Å²) in [6, 6.07) is 0.239. The van der Waals surface area contributed by atoms with Gasteiger partial charge in [-0.05, 0) is 32.4 Å². The van der Waals surface area contributed by atoms with Crippen LogP contribution in [0.3, 0.4) is 0 Å². The van der Waals surface area contributed by atoms with Gasteiger partial charge in [0.25, 0.3) is 0 Å². The molecule has 0 aliphatic carbocycles. The molecule has 0 saturated carbocycles. The maximum absolute atomic E-state index is 11.1. The molecule has 1 unspecified atom stereocenters. The molecule has 4 N–H and O–H groups in total. The predicted octanol–water partition coefficient (Wildman–Crippen LogP) is 0.328.